The Hall–Kier alpha value is -1.14. The SMILES string of the molecule is NCCCC[C@@H](NC(=O)[C@@H]1CCCN1)C(=O)O. The van der Waals surface area contributed by atoms with Crippen LogP contribution in [-0.4, -0.2) is 42.2 Å². The van der Waals surface area contributed by atoms with Crippen LogP contribution in [0, 0.1) is 0 Å². The molecule has 0 aliphatic carbocycles. The van der Waals surface area contributed by atoms with Crippen LogP contribution in [0.25, 0.3) is 0 Å². The Kier molecular flexibility index (Phi) is 5.93. The van der Waals surface area contributed by atoms with Crippen molar-refractivity contribution in [2.24, 2.45) is 5.73 Å². The topological polar surface area (TPSA) is 104 Å². The van der Waals surface area contributed by atoms with Crippen LogP contribution < -0.4 is 16.4 Å². The number of carboxylic acids is 1. The first-order valence-electron chi connectivity index (χ1n) is 6.11. The molecule has 1 fully saturated rings. The molecule has 0 bridgehead atoms. The molecule has 6 nitrogen and oxygen atoms in total. The predicted molar refractivity (Wildman–Crippen MR) is 63.5 cm³/mol. The van der Waals surface area contributed by atoms with Gasteiger partial charge in [-0.1, -0.05) is 0 Å². The molecule has 98 valence electrons. The highest BCUT2D eigenvalue weighted by Gasteiger charge is 2.26. The van der Waals surface area contributed by atoms with Gasteiger partial charge in [0, 0.05) is 0 Å². The first kappa shape index (κ1) is 13.9. The van der Waals surface area contributed by atoms with E-state index in [4.69, 9.17) is 10.8 Å². The minimum absolute atomic E-state index is 0.206. The van der Waals surface area contributed by atoms with E-state index < -0.39 is 12.0 Å². The molecule has 0 saturated carbocycles. The third-order valence-corrected chi connectivity index (χ3v) is 2.94. The number of carbonyl (C=O) groups excluding carboxylic acids is 1. The maximum Gasteiger partial charge on any atom is 0.326 e. The van der Waals surface area contributed by atoms with E-state index >= 15 is 0 Å². The van der Waals surface area contributed by atoms with Gasteiger partial charge in [0.1, 0.15) is 6.04 Å². The molecule has 1 rings (SSSR count). The van der Waals surface area contributed by atoms with Crippen LogP contribution in [0.15, 0.2) is 0 Å². The first-order chi connectivity index (χ1) is 8.15. The molecule has 0 aromatic carbocycles. The third kappa shape index (κ3) is 4.70. The van der Waals surface area contributed by atoms with Gasteiger partial charge in [0.15, 0.2) is 0 Å². The van der Waals surface area contributed by atoms with Crippen LogP contribution in [0.1, 0.15) is 32.1 Å². The van der Waals surface area contributed by atoms with Crippen LogP contribution in [0.4, 0.5) is 0 Å². The lowest BCUT2D eigenvalue weighted by Gasteiger charge is -2.17. The molecular weight excluding hydrogens is 222 g/mol. The van der Waals surface area contributed by atoms with Crippen molar-refractivity contribution in [2.75, 3.05) is 13.1 Å². The van der Waals surface area contributed by atoms with Gasteiger partial charge in [0.05, 0.1) is 6.04 Å². The number of rotatable bonds is 7. The van der Waals surface area contributed by atoms with E-state index in [0.29, 0.717) is 19.4 Å². The fraction of sp³-hybridized carbons (Fsp3) is 0.818. The standard InChI is InChI=1S/C11H21N3O3/c12-6-2-1-4-9(11(16)17)14-10(15)8-5-3-7-13-8/h8-9,13H,1-7,12H2,(H,14,15)(H,16,17)/t8-,9+/m0/s1. The number of hydrogen-bond donors (Lipinski definition) is 4. The van der Waals surface area contributed by atoms with Crippen molar-refractivity contribution in [2.45, 2.75) is 44.2 Å². The van der Waals surface area contributed by atoms with E-state index in [1.807, 2.05) is 0 Å². The van der Waals surface area contributed by atoms with Gasteiger partial charge in [0.2, 0.25) is 5.91 Å². The van der Waals surface area contributed by atoms with Crippen molar-refractivity contribution in [1.29, 1.82) is 0 Å². The molecular formula is C11H21N3O3. The first-order valence-corrected chi connectivity index (χ1v) is 6.11. The van der Waals surface area contributed by atoms with Gasteiger partial charge < -0.3 is 21.5 Å². The van der Waals surface area contributed by atoms with Crippen molar-refractivity contribution in [3.8, 4) is 0 Å². The normalized spacial score (nSPS) is 21.1. The zero-order chi connectivity index (χ0) is 12.7. The van der Waals surface area contributed by atoms with E-state index in [-0.39, 0.29) is 11.9 Å². The second-order valence-electron chi connectivity index (χ2n) is 4.33. The van der Waals surface area contributed by atoms with Crippen molar-refractivity contribution in [3.05, 3.63) is 0 Å². The summed E-state index contributed by atoms with van der Waals surface area (Å²) in [6.07, 6.45) is 3.67. The van der Waals surface area contributed by atoms with Gasteiger partial charge in [-0.3, -0.25) is 4.79 Å². The number of carboxylic acid groups (broad SMARTS) is 1. The van der Waals surface area contributed by atoms with Gasteiger partial charge >= 0.3 is 5.97 Å². The van der Waals surface area contributed by atoms with E-state index in [9.17, 15) is 9.59 Å². The lowest BCUT2D eigenvalue weighted by atomic mass is 10.1. The average Bonchev–Trinajstić information content (AvgIpc) is 2.81. The van der Waals surface area contributed by atoms with Crippen LogP contribution in [0.5, 0.6) is 0 Å². The van der Waals surface area contributed by atoms with Crippen molar-refractivity contribution in [1.82, 2.24) is 10.6 Å². The van der Waals surface area contributed by atoms with Crippen molar-refractivity contribution in [3.63, 3.8) is 0 Å². The Labute approximate surface area is 101 Å². The summed E-state index contributed by atoms with van der Waals surface area (Å²) in [5, 5.41) is 14.6. The molecule has 1 amide bonds. The number of hydrogen-bond acceptors (Lipinski definition) is 4. The van der Waals surface area contributed by atoms with Crippen molar-refractivity contribution < 1.29 is 14.7 Å². The minimum Gasteiger partial charge on any atom is -0.480 e. The Balaban J connectivity index is 2.36. The Bertz CT molecular complexity index is 265. The molecule has 17 heavy (non-hydrogen) atoms. The maximum absolute atomic E-state index is 11.7. The molecule has 1 aliphatic heterocycles. The fourth-order valence-electron chi connectivity index (χ4n) is 1.93. The minimum atomic E-state index is -0.978. The van der Waals surface area contributed by atoms with Crippen LogP contribution in [0.3, 0.4) is 0 Å². The number of amides is 1. The highest BCUT2D eigenvalue weighted by Crippen LogP contribution is 2.07. The fourth-order valence-corrected chi connectivity index (χ4v) is 1.93. The summed E-state index contributed by atoms with van der Waals surface area (Å²) in [6, 6.07) is -1.03. The molecule has 1 aliphatic rings. The summed E-state index contributed by atoms with van der Waals surface area (Å²) in [5.74, 6) is -1.18. The Morgan fingerprint density at radius 3 is 2.76 bits per heavy atom. The largest absolute Gasteiger partial charge is 0.480 e. The van der Waals surface area contributed by atoms with Crippen molar-refractivity contribution >= 4 is 11.9 Å². The second-order valence-corrected chi connectivity index (χ2v) is 4.33. The van der Waals surface area contributed by atoms with Gasteiger partial charge in [-0.25, -0.2) is 4.79 Å². The molecule has 1 heterocycles. The van der Waals surface area contributed by atoms with E-state index in [2.05, 4.69) is 10.6 Å². The summed E-state index contributed by atoms with van der Waals surface area (Å²) in [5.41, 5.74) is 5.35. The lowest BCUT2D eigenvalue weighted by molar-refractivity contribution is -0.142. The molecule has 2 atom stereocenters. The average molecular weight is 243 g/mol. The summed E-state index contributed by atoms with van der Waals surface area (Å²) >= 11 is 0. The molecule has 0 aromatic heterocycles. The Morgan fingerprint density at radius 1 is 1.47 bits per heavy atom. The monoisotopic (exact) mass is 243 g/mol. The van der Waals surface area contributed by atoms with Crippen LogP contribution in [-0.2, 0) is 9.59 Å². The molecule has 0 aromatic rings. The maximum atomic E-state index is 11.7. The quantitative estimate of drug-likeness (QED) is 0.449. The van der Waals surface area contributed by atoms with Gasteiger partial charge in [-0.2, -0.15) is 0 Å². The molecule has 0 spiro atoms. The number of unbranched alkanes of at least 4 members (excludes halogenated alkanes) is 1. The molecule has 0 radical (unpaired) electrons. The van der Waals surface area contributed by atoms with E-state index in [1.165, 1.54) is 0 Å². The summed E-state index contributed by atoms with van der Waals surface area (Å²) in [7, 11) is 0. The van der Waals surface area contributed by atoms with Gasteiger partial charge in [-0.05, 0) is 45.2 Å². The Morgan fingerprint density at radius 2 is 2.24 bits per heavy atom. The zero-order valence-electron chi connectivity index (χ0n) is 9.95. The smallest absolute Gasteiger partial charge is 0.326 e. The van der Waals surface area contributed by atoms with E-state index in [1.54, 1.807) is 0 Å². The molecule has 1 saturated heterocycles. The summed E-state index contributed by atoms with van der Waals surface area (Å²) in [4.78, 5) is 22.7. The van der Waals surface area contributed by atoms with Gasteiger partial charge in [0.25, 0.3) is 0 Å². The van der Waals surface area contributed by atoms with E-state index in [0.717, 1.165) is 25.8 Å². The molecule has 5 N–H and O–H groups in total. The number of nitrogens with two attached hydrogens (primary N) is 1. The number of aliphatic carboxylic acids is 1. The molecule has 6 heteroatoms. The highest BCUT2D eigenvalue weighted by molar-refractivity contribution is 5.87. The second kappa shape index (κ2) is 7.24. The number of carbonyl (C=O) groups is 2. The van der Waals surface area contributed by atoms with Crippen LogP contribution in [0.2, 0.25) is 0 Å². The highest BCUT2D eigenvalue weighted by atomic mass is 16.4. The predicted octanol–water partition coefficient (Wildman–Crippen LogP) is -0.563. The number of nitrogens with one attached hydrogen (secondary N) is 2. The lowest BCUT2D eigenvalue weighted by Crippen LogP contribution is -2.48. The summed E-state index contributed by atoms with van der Waals surface area (Å²) in [6.45, 7) is 1.37. The van der Waals surface area contributed by atoms with Gasteiger partial charge in [-0.15, -0.1) is 0 Å². The van der Waals surface area contributed by atoms with Crippen LogP contribution >= 0.6 is 0 Å². The summed E-state index contributed by atoms with van der Waals surface area (Å²) < 4.78 is 0. The molecule has 0 unspecified atom stereocenters. The third-order valence-electron chi connectivity index (χ3n) is 2.94. The zero-order valence-corrected chi connectivity index (χ0v) is 9.95.